The van der Waals surface area contributed by atoms with Crippen molar-refractivity contribution < 1.29 is 14.3 Å². The maximum absolute atomic E-state index is 15.0. The number of anilines is 1. The van der Waals surface area contributed by atoms with E-state index >= 15 is 4.39 Å². The molecule has 3 heterocycles. The molecule has 1 saturated carbocycles. The van der Waals surface area contributed by atoms with Gasteiger partial charge in [-0.1, -0.05) is 0 Å². The van der Waals surface area contributed by atoms with Crippen molar-refractivity contribution in [1.29, 1.82) is 0 Å². The molecule has 2 aliphatic heterocycles. The maximum atomic E-state index is 15.0. The van der Waals surface area contributed by atoms with Crippen molar-refractivity contribution in [2.75, 3.05) is 17.2 Å². The molecule has 1 aromatic heterocycles. The second kappa shape index (κ2) is 5.47. The molecule has 26 heavy (non-hydrogen) atoms. The highest BCUT2D eigenvalue weighted by molar-refractivity contribution is 7.99. The summed E-state index contributed by atoms with van der Waals surface area (Å²) in [4.78, 5) is 26.9. The van der Waals surface area contributed by atoms with Crippen LogP contribution in [0.2, 0.25) is 0 Å². The Bertz CT molecular complexity index is 1020. The summed E-state index contributed by atoms with van der Waals surface area (Å²) in [5, 5.41) is 9.53. The second-order valence-electron chi connectivity index (χ2n) is 7.27. The van der Waals surface area contributed by atoms with Gasteiger partial charge in [-0.2, -0.15) is 0 Å². The van der Waals surface area contributed by atoms with Crippen LogP contribution in [-0.4, -0.2) is 40.0 Å². The Hall–Kier alpha value is -2.06. The van der Waals surface area contributed by atoms with Crippen LogP contribution in [0.25, 0.3) is 10.9 Å². The Morgan fingerprint density at radius 3 is 2.81 bits per heavy atom. The zero-order chi connectivity index (χ0) is 18.2. The number of nitrogens with zero attached hydrogens (tertiary/aromatic N) is 2. The smallest absolute Gasteiger partial charge is 0.341 e. The first-order valence-electron chi connectivity index (χ1n) is 8.77. The fraction of sp³-hybridized carbons (Fsp3) is 0.444. The number of halogens is 1. The standard InChI is InChI=1S/C18H18FN3O3S/c19-11-5-9-14(17-15(11)21-4-3-12(20)13(21)7-26-17)22(8-1-2-8)6-10(16(9)23)18(24)25/h5-6,8,12-13H,1-4,7,20H2,(H,24,25)/t12-,13-/m1/s1. The minimum Gasteiger partial charge on any atom is -0.477 e. The van der Waals surface area contributed by atoms with Crippen molar-refractivity contribution >= 4 is 34.3 Å². The number of benzene rings is 1. The molecular formula is C18H18FN3O3S. The second-order valence-corrected chi connectivity index (χ2v) is 8.30. The van der Waals surface area contributed by atoms with Crippen LogP contribution in [0.3, 0.4) is 0 Å². The van der Waals surface area contributed by atoms with Gasteiger partial charge in [-0.25, -0.2) is 9.18 Å². The van der Waals surface area contributed by atoms with Gasteiger partial charge in [0.1, 0.15) is 11.4 Å². The van der Waals surface area contributed by atoms with Crippen LogP contribution in [0.5, 0.6) is 0 Å². The Balaban J connectivity index is 1.85. The average Bonchev–Trinajstić information content (AvgIpc) is 3.38. The van der Waals surface area contributed by atoms with Crippen molar-refractivity contribution in [3.63, 3.8) is 0 Å². The molecule has 1 aromatic carbocycles. The number of hydrogen-bond donors (Lipinski definition) is 2. The third-order valence-corrected chi connectivity index (χ3v) is 6.84. The average molecular weight is 375 g/mol. The molecule has 0 unspecified atom stereocenters. The molecule has 2 atom stereocenters. The van der Waals surface area contributed by atoms with Crippen molar-refractivity contribution in [3.8, 4) is 0 Å². The van der Waals surface area contributed by atoms with E-state index in [1.54, 1.807) is 0 Å². The number of pyridine rings is 1. The predicted octanol–water partition coefficient (Wildman–Crippen LogP) is 2.19. The van der Waals surface area contributed by atoms with Gasteiger partial charge in [-0.05, 0) is 25.3 Å². The monoisotopic (exact) mass is 375 g/mol. The lowest BCUT2D eigenvalue weighted by molar-refractivity contribution is 0.0695. The number of aromatic carboxylic acids is 1. The molecule has 8 heteroatoms. The Kier molecular flexibility index (Phi) is 3.39. The van der Waals surface area contributed by atoms with E-state index in [-0.39, 0.29) is 29.1 Å². The highest BCUT2D eigenvalue weighted by atomic mass is 32.2. The van der Waals surface area contributed by atoms with Crippen molar-refractivity contribution in [2.45, 2.75) is 42.3 Å². The summed E-state index contributed by atoms with van der Waals surface area (Å²) in [6, 6.07) is 1.50. The summed E-state index contributed by atoms with van der Waals surface area (Å²) in [5.74, 6) is -1.00. The van der Waals surface area contributed by atoms with Crippen LogP contribution in [0.4, 0.5) is 10.1 Å². The Morgan fingerprint density at radius 2 is 2.12 bits per heavy atom. The van der Waals surface area contributed by atoms with Crippen LogP contribution in [-0.2, 0) is 0 Å². The topological polar surface area (TPSA) is 88.6 Å². The third kappa shape index (κ3) is 2.15. The molecule has 0 radical (unpaired) electrons. The molecule has 3 aliphatic rings. The highest BCUT2D eigenvalue weighted by Crippen LogP contribution is 2.48. The summed E-state index contributed by atoms with van der Waals surface area (Å²) in [6.07, 6.45) is 4.12. The van der Waals surface area contributed by atoms with Gasteiger partial charge >= 0.3 is 5.97 Å². The van der Waals surface area contributed by atoms with Crippen LogP contribution in [0, 0.1) is 5.82 Å². The minimum absolute atomic E-state index is 0.0192. The first-order valence-corrected chi connectivity index (χ1v) is 9.75. The van der Waals surface area contributed by atoms with Crippen molar-refractivity contribution in [1.82, 2.24) is 4.57 Å². The summed E-state index contributed by atoms with van der Waals surface area (Å²) >= 11 is 1.53. The fourth-order valence-corrected chi connectivity index (χ4v) is 5.65. The highest BCUT2D eigenvalue weighted by Gasteiger charge is 2.40. The molecule has 6 nitrogen and oxygen atoms in total. The van der Waals surface area contributed by atoms with E-state index in [4.69, 9.17) is 5.73 Å². The van der Waals surface area contributed by atoms with Gasteiger partial charge < -0.3 is 20.3 Å². The van der Waals surface area contributed by atoms with Crippen LogP contribution >= 0.6 is 11.8 Å². The first-order chi connectivity index (χ1) is 12.5. The number of fused-ring (bicyclic) bond motifs is 5. The molecular weight excluding hydrogens is 357 g/mol. The minimum atomic E-state index is -1.28. The number of carboxylic acids is 1. The number of thioether (sulfide) groups is 1. The molecule has 2 aromatic rings. The molecule has 0 bridgehead atoms. The summed E-state index contributed by atoms with van der Waals surface area (Å²) in [5.41, 5.74) is 6.44. The molecule has 3 N–H and O–H groups in total. The zero-order valence-corrected chi connectivity index (χ0v) is 14.8. The fourth-order valence-electron chi connectivity index (χ4n) is 4.18. The van der Waals surface area contributed by atoms with Gasteiger partial charge in [-0.15, -0.1) is 11.8 Å². The number of hydrogen-bond acceptors (Lipinski definition) is 5. The lowest BCUT2D eigenvalue weighted by Gasteiger charge is -2.35. The summed E-state index contributed by atoms with van der Waals surface area (Å²) < 4.78 is 16.9. The molecule has 0 spiro atoms. The zero-order valence-electron chi connectivity index (χ0n) is 13.9. The number of nitrogens with two attached hydrogens (primary N) is 1. The van der Waals surface area contributed by atoms with Gasteiger partial charge in [0.15, 0.2) is 0 Å². The van der Waals surface area contributed by atoms with Crippen molar-refractivity contribution in [3.05, 3.63) is 33.9 Å². The lowest BCUT2D eigenvalue weighted by Crippen LogP contribution is -2.44. The number of aromatic nitrogens is 1. The molecule has 0 amide bonds. The Morgan fingerprint density at radius 1 is 1.35 bits per heavy atom. The SMILES string of the molecule is N[C@@H]1CCN2c3c(F)cc4c(=O)c(C(=O)O)cn(C5CC5)c4c3SC[C@H]12. The van der Waals surface area contributed by atoms with Crippen LogP contribution in [0.15, 0.2) is 22.0 Å². The van der Waals surface area contributed by atoms with Gasteiger partial charge in [0, 0.05) is 30.6 Å². The van der Waals surface area contributed by atoms with E-state index in [0.29, 0.717) is 17.7 Å². The largest absolute Gasteiger partial charge is 0.477 e. The molecule has 5 rings (SSSR count). The maximum Gasteiger partial charge on any atom is 0.341 e. The normalized spacial score (nSPS) is 24.6. The number of carboxylic acid groups (broad SMARTS) is 1. The summed E-state index contributed by atoms with van der Waals surface area (Å²) in [7, 11) is 0. The number of carbonyl (C=O) groups is 1. The Labute approximate surface area is 152 Å². The van der Waals surface area contributed by atoms with E-state index in [9.17, 15) is 14.7 Å². The van der Waals surface area contributed by atoms with Crippen LogP contribution < -0.4 is 16.1 Å². The molecule has 136 valence electrons. The van der Waals surface area contributed by atoms with E-state index in [2.05, 4.69) is 0 Å². The quantitative estimate of drug-likeness (QED) is 0.837. The molecule has 1 aliphatic carbocycles. The first kappa shape index (κ1) is 16.1. The van der Waals surface area contributed by atoms with Gasteiger partial charge in [0.25, 0.3) is 0 Å². The van der Waals surface area contributed by atoms with E-state index in [0.717, 1.165) is 29.9 Å². The van der Waals surface area contributed by atoms with Gasteiger partial charge in [-0.3, -0.25) is 4.79 Å². The molecule has 1 saturated heterocycles. The van der Waals surface area contributed by atoms with E-state index in [1.165, 1.54) is 24.0 Å². The molecule has 2 fully saturated rings. The van der Waals surface area contributed by atoms with Crippen molar-refractivity contribution in [2.24, 2.45) is 5.73 Å². The third-order valence-electron chi connectivity index (χ3n) is 5.65. The van der Waals surface area contributed by atoms with Gasteiger partial charge in [0.05, 0.1) is 27.5 Å². The van der Waals surface area contributed by atoms with Crippen LogP contribution in [0.1, 0.15) is 35.7 Å². The van der Waals surface area contributed by atoms with Gasteiger partial charge in [0.2, 0.25) is 5.43 Å². The predicted molar refractivity (Wildman–Crippen MR) is 97.8 cm³/mol. The van der Waals surface area contributed by atoms with E-state index in [1.807, 2.05) is 9.47 Å². The number of rotatable bonds is 2. The lowest BCUT2D eigenvalue weighted by atomic mass is 10.1. The van der Waals surface area contributed by atoms with E-state index < -0.39 is 17.2 Å². The summed E-state index contributed by atoms with van der Waals surface area (Å²) in [6.45, 7) is 0.697.